The Kier molecular flexibility index (Phi) is 5.35. The van der Waals surface area contributed by atoms with Crippen molar-refractivity contribution in [1.82, 2.24) is 0 Å². The van der Waals surface area contributed by atoms with E-state index in [4.69, 9.17) is 9.84 Å². The van der Waals surface area contributed by atoms with E-state index in [2.05, 4.69) is 6.58 Å². The van der Waals surface area contributed by atoms with Crippen molar-refractivity contribution >= 4 is 11.9 Å². The fraction of sp³-hybridized carbons (Fsp3) is 0.667. The molecule has 5 nitrogen and oxygen atoms in total. The van der Waals surface area contributed by atoms with Gasteiger partial charge in [-0.3, -0.25) is 9.59 Å². The molecule has 0 saturated carbocycles. The molecule has 0 aromatic carbocycles. The molecule has 17 heavy (non-hydrogen) atoms. The molecule has 0 bridgehead atoms. The van der Waals surface area contributed by atoms with E-state index in [1.165, 1.54) is 6.92 Å². The lowest BCUT2D eigenvalue weighted by atomic mass is 9.93. The summed E-state index contributed by atoms with van der Waals surface area (Å²) in [6.45, 7) is 5.31. The van der Waals surface area contributed by atoms with Gasteiger partial charge in [-0.05, 0) is 0 Å². The topological polar surface area (TPSA) is 63.6 Å². The molecule has 98 valence electrons. The summed E-state index contributed by atoms with van der Waals surface area (Å²) in [5.74, 6) is -1.46. The Balaban J connectivity index is 5.13. The minimum absolute atomic E-state index is 0.214. The van der Waals surface area contributed by atoms with E-state index in [0.717, 1.165) is 0 Å². The second-order valence-corrected chi connectivity index (χ2v) is 5.29. The van der Waals surface area contributed by atoms with Crippen LogP contribution in [0.5, 0.6) is 0 Å². The molecule has 1 atom stereocenters. The van der Waals surface area contributed by atoms with Gasteiger partial charge in [0.25, 0.3) is 0 Å². The van der Waals surface area contributed by atoms with Gasteiger partial charge >= 0.3 is 11.9 Å². The van der Waals surface area contributed by atoms with Gasteiger partial charge in [-0.25, -0.2) is 0 Å². The molecule has 0 radical (unpaired) electrons. The van der Waals surface area contributed by atoms with Crippen LogP contribution in [0.1, 0.15) is 19.8 Å². The zero-order valence-corrected chi connectivity index (χ0v) is 11.0. The number of ether oxygens (including phenoxy) is 1. The number of aliphatic carboxylic acids is 1. The number of carbonyl (C=O) groups is 2. The molecule has 0 rings (SSSR count). The van der Waals surface area contributed by atoms with Crippen LogP contribution in [0.4, 0.5) is 0 Å². The molecule has 0 aromatic rings. The Hall–Kier alpha value is -1.36. The molecule has 5 heteroatoms. The van der Waals surface area contributed by atoms with Crippen LogP contribution in [-0.4, -0.2) is 54.8 Å². The molecule has 0 aromatic heterocycles. The van der Waals surface area contributed by atoms with E-state index >= 15 is 0 Å². The normalized spacial score (nSPS) is 14.8. The standard InChI is InChI=1S/C12H21NO4/c1-6-7-12(8-11(15)16,17-10(2)14)9-13(3,4)5/h6H,1,7-9H2,2-5H3/p+1. The molecule has 0 heterocycles. The molecule has 0 aliphatic heterocycles. The van der Waals surface area contributed by atoms with E-state index in [1.54, 1.807) is 6.08 Å². The largest absolute Gasteiger partial charge is 0.481 e. The van der Waals surface area contributed by atoms with Crippen molar-refractivity contribution in [1.29, 1.82) is 0 Å². The van der Waals surface area contributed by atoms with Crippen molar-refractivity contribution in [2.24, 2.45) is 0 Å². The lowest BCUT2D eigenvalue weighted by Gasteiger charge is -2.37. The van der Waals surface area contributed by atoms with E-state index in [9.17, 15) is 9.59 Å². The predicted molar refractivity (Wildman–Crippen MR) is 64.5 cm³/mol. The van der Waals surface area contributed by atoms with Gasteiger partial charge in [0.15, 0.2) is 5.60 Å². The van der Waals surface area contributed by atoms with Gasteiger partial charge in [0.05, 0.1) is 27.6 Å². The number of rotatable bonds is 7. The number of esters is 1. The van der Waals surface area contributed by atoms with Gasteiger partial charge in [-0.2, -0.15) is 0 Å². The average Bonchev–Trinajstić information content (AvgIpc) is 1.95. The van der Waals surface area contributed by atoms with E-state index in [1.807, 2.05) is 21.1 Å². The third kappa shape index (κ3) is 6.73. The number of likely N-dealkylation sites (N-methyl/N-ethyl adjacent to an activating group) is 1. The number of hydrogen-bond acceptors (Lipinski definition) is 3. The van der Waals surface area contributed by atoms with Crippen molar-refractivity contribution in [3.63, 3.8) is 0 Å². The first-order valence-corrected chi connectivity index (χ1v) is 5.43. The molecule has 1 N–H and O–H groups in total. The van der Waals surface area contributed by atoms with Crippen molar-refractivity contribution < 1.29 is 23.9 Å². The highest BCUT2D eigenvalue weighted by molar-refractivity contribution is 5.71. The number of carbonyl (C=O) groups excluding carboxylic acids is 1. The minimum Gasteiger partial charge on any atom is -0.481 e. The number of hydrogen-bond donors (Lipinski definition) is 1. The van der Waals surface area contributed by atoms with E-state index < -0.39 is 17.5 Å². The summed E-state index contributed by atoms with van der Waals surface area (Å²) < 4.78 is 5.77. The highest BCUT2D eigenvalue weighted by Crippen LogP contribution is 2.24. The lowest BCUT2D eigenvalue weighted by Crippen LogP contribution is -2.52. The fourth-order valence-corrected chi connectivity index (χ4v) is 2.01. The summed E-state index contributed by atoms with van der Waals surface area (Å²) in [7, 11) is 5.76. The SMILES string of the molecule is C=CCC(CC(=O)O)(C[N+](C)(C)C)OC(C)=O. The van der Waals surface area contributed by atoms with Gasteiger partial charge in [-0.1, -0.05) is 6.08 Å². The van der Waals surface area contributed by atoms with Crippen LogP contribution in [0.3, 0.4) is 0 Å². The maximum Gasteiger partial charge on any atom is 0.307 e. The Morgan fingerprint density at radius 2 is 1.94 bits per heavy atom. The van der Waals surface area contributed by atoms with Gasteiger partial charge in [-0.15, -0.1) is 6.58 Å². The first-order valence-electron chi connectivity index (χ1n) is 5.43. The first kappa shape index (κ1) is 15.6. The fourth-order valence-electron chi connectivity index (χ4n) is 2.01. The summed E-state index contributed by atoms with van der Waals surface area (Å²) >= 11 is 0. The quantitative estimate of drug-likeness (QED) is 0.413. The highest BCUT2D eigenvalue weighted by Gasteiger charge is 2.40. The van der Waals surface area contributed by atoms with Crippen LogP contribution in [0, 0.1) is 0 Å². The molecular weight excluding hydrogens is 222 g/mol. The first-order chi connectivity index (χ1) is 7.60. The Morgan fingerprint density at radius 1 is 1.41 bits per heavy atom. The zero-order valence-electron chi connectivity index (χ0n) is 11.0. The second-order valence-electron chi connectivity index (χ2n) is 5.29. The second kappa shape index (κ2) is 5.82. The van der Waals surface area contributed by atoms with Crippen LogP contribution in [0.2, 0.25) is 0 Å². The summed E-state index contributed by atoms with van der Waals surface area (Å²) in [6, 6.07) is 0. The monoisotopic (exact) mass is 244 g/mol. The number of carboxylic acids is 1. The van der Waals surface area contributed by atoms with Crippen molar-refractivity contribution in [2.45, 2.75) is 25.4 Å². The van der Waals surface area contributed by atoms with Crippen LogP contribution in [0.25, 0.3) is 0 Å². The third-order valence-electron chi connectivity index (χ3n) is 2.11. The van der Waals surface area contributed by atoms with Crippen molar-refractivity contribution in [3.8, 4) is 0 Å². The van der Waals surface area contributed by atoms with Crippen LogP contribution < -0.4 is 0 Å². The van der Waals surface area contributed by atoms with E-state index in [-0.39, 0.29) is 6.42 Å². The number of carboxylic acid groups (broad SMARTS) is 1. The molecule has 0 saturated heterocycles. The molecule has 0 amide bonds. The van der Waals surface area contributed by atoms with Crippen LogP contribution in [0.15, 0.2) is 12.7 Å². The van der Waals surface area contributed by atoms with Crippen LogP contribution in [-0.2, 0) is 14.3 Å². The molecule has 0 aliphatic rings. The predicted octanol–water partition coefficient (Wildman–Crippen LogP) is 1.05. The Labute approximate surface area is 102 Å². The smallest absolute Gasteiger partial charge is 0.307 e. The number of nitrogens with zero attached hydrogens (tertiary/aromatic N) is 1. The molecule has 1 unspecified atom stereocenters. The Morgan fingerprint density at radius 3 is 2.24 bits per heavy atom. The summed E-state index contributed by atoms with van der Waals surface area (Å²) in [5.41, 5.74) is -1.02. The van der Waals surface area contributed by atoms with Crippen molar-refractivity contribution in [2.75, 3.05) is 27.7 Å². The highest BCUT2D eigenvalue weighted by atomic mass is 16.6. The van der Waals surface area contributed by atoms with Crippen molar-refractivity contribution in [3.05, 3.63) is 12.7 Å². The van der Waals surface area contributed by atoms with Gasteiger partial charge in [0.1, 0.15) is 6.54 Å². The minimum atomic E-state index is -1.02. The summed E-state index contributed by atoms with van der Waals surface area (Å²) in [4.78, 5) is 22.1. The maximum absolute atomic E-state index is 11.1. The average molecular weight is 244 g/mol. The van der Waals surface area contributed by atoms with Gasteiger partial charge in [0.2, 0.25) is 0 Å². The maximum atomic E-state index is 11.1. The zero-order chi connectivity index (χ0) is 13.7. The van der Waals surface area contributed by atoms with Gasteiger partial charge in [0, 0.05) is 13.3 Å². The van der Waals surface area contributed by atoms with Crippen LogP contribution >= 0.6 is 0 Å². The van der Waals surface area contributed by atoms with E-state index in [0.29, 0.717) is 17.4 Å². The molecule has 0 spiro atoms. The Bertz CT molecular complexity index is 288. The lowest BCUT2D eigenvalue weighted by molar-refractivity contribution is -0.876. The number of quaternary nitrogens is 1. The molecular formula is C12H22NO4+. The summed E-state index contributed by atoms with van der Waals surface area (Å²) in [5, 5.41) is 8.95. The summed E-state index contributed by atoms with van der Waals surface area (Å²) in [6.07, 6.45) is 1.70. The van der Waals surface area contributed by atoms with Gasteiger partial charge < -0.3 is 14.3 Å². The molecule has 0 fully saturated rings. The molecule has 0 aliphatic carbocycles. The third-order valence-corrected chi connectivity index (χ3v) is 2.11.